The second kappa shape index (κ2) is 5.20. The van der Waals surface area contributed by atoms with Crippen molar-refractivity contribution < 1.29 is 13.5 Å². The van der Waals surface area contributed by atoms with Crippen LogP contribution in [0.1, 0.15) is 6.42 Å². The Morgan fingerprint density at radius 3 is 2.74 bits per heavy atom. The summed E-state index contributed by atoms with van der Waals surface area (Å²) in [4.78, 5) is 2.10. The summed E-state index contributed by atoms with van der Waals surface area (Å²) in [5.74, 6) is 0. The van der Waals surface area contributed by atoms with E-state index in [1.807, 2.05) is 19.0 Å². The molecule has 2 rings (SSSR count). The summed E-state index contributed by atoms with van der Waals surface area (Å²) in [6, 6.07) is -0.199. The van der Waals surface area contributed by atoms with Gasteiger partial charge in [-0.2, -0.15) is 9.40 Å². The number of hydrogen-bond donors (Lipinski definition) is 1. The molecule has 0 saturated carbocycles. The van der Waals surface area contributed by atoms with Crippen molar-refractivity contribution >= 4 is 10.0 Å². The molecule has 1 saturated heterocycles. The quantitative estimate of drug-likeness (QED) is 0.777. The molecule has 1 aromatic rings. The van der Waals surface area contributed by atoms with E-state index >= 15 is 0 Å². The highest BCUT2D eigenvalue weighted by molar-refractivity contribution is 7.89. The number of aliphatic hydroxyl groups excluding tert-OH is 1. The Hall–Kier alpha value is -0.960. The summed E-state index contributed by atoms with van der Waals surface area (Å²) < 4.78 is 27.9. The smallest absolute Gasteiger partial charge is 0.246 e. The van der Waals surface area contributed by atoms with E-state index in [2.05, 4.69) is 5.10 Å². The van der Waals surface area contributed by atoms with Crippen molar-refractivity contribution in [1.82, 2.24) is 19.0 Å². The maximum atomic E-state index is 12.5. The van der Waals surface area contributed by atoms with Gasteiger partial charge in [0.2, 0.25) is 10.0 Å². The number of β-amino-alcohol motifs (C(OH)–C–C–N with tert-alkyl or cyclic N) is 1. The molecule has 0 aliphatic carbocycles. The first-order valence-electron chi connectivity index (χ1n) is 6.14. The van der Waals surface area contributed by atoms with Gasteiger partial charge in [0.25, 0.3) is 0 Å². The van der Waals surface area contributed by atoms with Crippen molar-refractivity contribution in [2.24, 2.45) is 7.05 Å². The topological polar surface area (TPSA) is 78.7 Å². The van der Waals surface area contributed by atoms with Crippen LogP contribution in [0.2, 0.25) is 0 Å². The van der Waals surface area contributed by atoms with Gasteiger partial charge in [0.1, 0.15) is 4.90 Å². The number of aryl methyl sites for hydroxylation is 1. The van der Waals surface area contributed by atoms with Crippen LogP contribution < -0.4 is 0 Å². The van der Waals surface area contributed by atoms with Crippen LogP contribution in [-0.4, -0.2) is 71.8 Å². The van der Waals surface area contributed by atoms with Crippen LogP contribution in [0.25, 0.3) is 0 Å². The molecule has 2 atom stereocenters. The first-order chi connectivity index (χ1) is 8.80. The minimum absolute atomic E-state index is 0.149. The lowest BCUT2D eigenvalue weighted by Gasteiger charge is -2.25. The van der Waals surface area contributed by atoms with E-state index in [9.17, 15) is 13.5 Å². The minimum Gasteiger partial charge on any atom is -0.392 e. The van der Waals surface area contributed by atoms with Gasteiger partial charge in [0.05, 0.1) is 12.3 Å². The monoisotopic (exact) mass is 288 g/mol. The second-order valence-corrected chi connectivity index (χ2v) is 7.12. The molecule has 1 aliphatic rings. The summed E-state index contributed by atoms with van der Waals surface area (Å²) in [5, 5.41) is 13.7. The molecule has 2 heterocycles. The van der Waals surface area contributed by atoms with Crippen molar-refractivity contribution in [3.05, 3.63) is 12.4 Å². The highest BCUT2D eigenvalue weighted by atomic mass is 32.2. The van der Waals surface area contributed by atoms with Gasteiger partial charge in [-0.1, -0.05) is 0 Å². The molecule has 0 radical (unpaired) electrons. The molecule has 0 spiro atoms. The molecule has 2 unspecified atom stereocenters. The van der Waals surface area contributed by atoms with Gasteiger partial charge in [-0.05, 0) is 20.5 Å². The van der Waals surface area contributed by atoms with Gasteiger partial charge in [-0.25, -0.2) is 8.42 Å². The van der Waals surface area contributed by atoms with Crippen LogP contribution in [0.15, 0.2) is 17.3 Å². The van der Waals surface area contributed by atoms with E-state index in [0.29, 0.717) is 13.0 Å². The van der Waals surface area contributed by atoms with E-state index in [1.54, 1.807) is 7.05 Å². The number of likely N-dealkylation sites (N-methyl/N-ethyl adjacent to an activating group) is 1. The Balaban J connectivity index is 2.28. The lowest BCUT2D eigenvalue weighted by Crippen LogP contribution is -2.41. The molecule has 108 valence electrons. The Bertz CT molecular complexity index is 540. The van der Waals surface area contributed by atoms with Gasteiger partial charge in [-0.15, -0.1) is 0 Å². The molecule has 1 aliphatic heterocycles. The van der Waals surface area contributed by atoms with Crippen LogP contribution in [0.3, 0.4) is 0 Å². The molecule has 1 aromatic heterocycles. The fourth-order valence-electron chi connectivity index (χ4n) is 2.41. The molecular weight excluding hydrogens is 268 g/mol. The predicted octanol–water partition coefficient (Wildman–Crippen LogP) is -0.894. The average molecular weight is 288 g/mol. The molecule has 8 heteroatoms. The maximum absolute atomic E-state index is 12.5. The summed E-state index contributed by atoms with van der Waals surface area (Å²) >= 11 is 0. The molecule has 1 N–H and O–H groups in total. The molecule has 7 nitrogen and oxygen atoms in total. The summed E-state index contributed by atoms with van der Waals surface area (Å²) in [5.41, 5.74) is 0. The van der Waals surface area contributed by atoms with Crippen molar-refractivity contribution in [1.29, 1.82) is 0 Å². The number of sulfonamides is 1. The lowest BCUT2D eigenvalue weighted by molar-refractivity contribution is 0.188. The van der Waals surface area contributed by atoms with E-state index in [4.69, 9.17) is 0 Å². The Morgan fingerprint density at radius 2 is 2.21 bits per heavy atom. The molecule has 0 amide bonds. The van der Waals surface area contributed by atoms with Crippen LogP contribution >= 0.6 is 0 Å². The molecule has 1 fully saturated rings. The summed E-state index contributed by atoms with van der Waals surface area (Å²) in [7, 11) is 1.87. The van der Waals surface area contributed by atoms with Gasteiger partial charge >= 0.3 is 0 Å². The van der Waals surface area contributed by atoms with Crippen LogP contribution in [0.4, 0.5) is 0 Å². The van der Waals surface area contributed by atoms with Crippen molar-refractivity contribution in [2.45, 2.75) is 23.5 Å². The molecule has 0 bridgehead atoms. The second-order valence-electron chi connectivity index (χ2n) is 5.23. The Labute approximate surface area is 113 Å². The first kappa shape index (κ1) is 14.4. The number of hydrogen-bond acceptors (Lipinski definition) is 5. The number of rotatable bonds is 4. The normalized spacial score (nSPS) is 25.3. The van der Waals surface area contributed by atoms with E-state index in [-0.39, 0.29) is 17.5 Å². The summed E-state index contributed by atoms with van der Waals surface area (Å²) in [6.45, 7) is 0.742. The van der Waals surface area contributed by atoms with Crippen LogP contribution in [0.5, 0.6) is 0 Å². The van der Waals surface area contributed by atoms with E-state index < -0.39 is 16.1 Å². The minimum atomic E-state index is -3.58. The fourth-order valence-corrected chi connectivity index (χ4v) is 4.06. The average Bonchev–Trinajstić information content (AvgIpc) is 2.85. The zero-order chi connectivity index (χ0) is 14.2. The van der Waals surface area contributed by atoms with Crippen molar-refractivity contribution in [3.8, 4) is 0 Å². The van der Waals surface area contributed by atoms with Gasteiger partial charge in [-0.3, -0.25) is 4.68 Å². The molecule has 0 aromatic carbocycles. The third kappa shape index (κ3) is 2.97. The predicted molar refractivity (Wildman–Crippen MR) is 70.1 cm³/mol. The fraction of sp³-hybridized carbons (Fsp3) is 0.727. The van der Waals surface area contributed by atoms with Gasteiger partial charge in [0, 0.05) is 32.4 Å². The Morgan fingerprint density at radius 1 is 1.53 bits per heavy atom. The highest BCUT2D eigenvalue weighted by Gasteiger charge is 2.40. The highest BCUT2D eigenvalue weighted by Crippen LogP contribution is 2.26. The standard InChI is InChI=1S/C11H20N4O3S/c1-13(2)6-9-4-10(16)7-15(9)19(17,18)11-5-12-14(3)8-11/h5,8-10,16H,4,6-7H2,1-3H3. The molecular formula is C11H20N4O3S. The molecule has 19 heavy (non-hydrogen) atoms. The largest absolute Gasteiger partial charge is 0.392 e. The van der Waals surface area contributed by atoms with E-state index in [0.717, 1.165) is 0 Å². The maximum Gasteiger partial charge on any atom is 0.246 e. The Kier molecular flexibility index (Phi) is 3.95. The van der Waals surface area contributed by atoms with Crippen molar-refractivity contribution in [3.63, 3.8) is 0 Å². The zero-order valence-electron chi connectivity index (χ0n) is 11.4. The van der Waals surface area contributed by atoms with Crippen LogP contribution in [-0.2, 0) is 17.1 Å². The summed E-state index contributed by atoms with van der Waals surface area (Å²) in [6.07, 6.45) is 2.69. The van der Waals surface area contributed by atoms with Crippen LogP contribution in [0, 0.1) is 0 Å². The van der Waals surface area contributed by atoms with E-state index in [1.165, 1.54) is 21.4 Å². The number of aromatic nitrogens is 2. The SMILES string of the molecule is CN(C)CC1CC(O)CN1S(=O)(=O)c1cnn(C)c1. The first-order valence-corrected chi connectivity index (χ1v) is 7.58. The zero-order valence-corrected chi connectivity index (χ0v) is 12.2. The van der Waals surface area contributed by atoms with Gasteiger partial charge < -0.3 is 10.0 Å². The third-order valence-electron chi connectivity index (χ3n) is 3.21. The van der Waals surface area contributed by atoms with Gasteiger partial charge in [0.15, 0.2) is 0 Å². The lowest BCUT2D eigenvalue weighted by atomic mass is 10.2. The third-order valence-corrected chi connectivity index (χ3v) is 5.08. The van der Waals surface area contributed by atoms with Crippen molar-refractivity contribution in [2.75, 3.05) is 27.2 Å². The number of aliphatic hydroxyl groups is 1. The number of nitrogens with zero attached hydrogens (tertiary/aromatic N) is 4.